The van der Waals surface area contributed by atoms with Gasteiger partial charge in [0.05, 0.1) is 12.1 Å². The van der Waals surface area contributed by atoms with Crippen molar-refractivity contribution in [3.8, 4) is 17.2 Å². The van der Waals surface area contributed by atoms with Crippen LogP contribution in [0, 0.1) is 11.3 Å². The maximum atomic E-state index is 14.4. The molecule has 0 heterocycles. The normalized spacial score (nSPS) is 17.1. The minimum absolute atomic E-state index is 0.141. The summed E-state index contributed by atoms with van der Waals surface area (Å²) >= 11 is 0. The van der Waals surface area contributed by atoms with Crippen LogP contribution in [0.4, 0.5) is 43.9 Å². The predicted octanol–water partition coefficient (Wildman–Crippen LogP) is 7.43. The lowest BCUT2D eigenvalue weighted by molar-refractivity contribution is -0.253. The third-order valence-corrected chi connectivity index (χ3v) is 6.50. The summed E-state index contributed by atoms with van der Waals surface area (Å²) < 4.78 is 135. The van der Waals surface area contributed by atoms with Gasteiger partial charge in [-0.25, -0.2) is 4.39 Å². The van der Waals surface area contributed by atoms with Gasteiger partial charge in [-0.2, -0.15) is 44.8 Å². The summed E-state index contributed by atoms with van der Waals surface area (Å²) in [6.07, 6.45) is -16.2. The quantitative estimate of drug-likeness (QED) is 0.296. The molecule has 0 aliphatic heterocycles. The Bertz CT molecular complexity index is 1240. The van der Waals surface area contributed by atoms with Gasteiger partial charge in [0.2, 0.25) is 5.91 Å². The van der Waals surface area contributed by atoms with E-state index in [1.165, 1.54) is 12.1 Å². The maximum Gasteiger partial charge on any atom is 0.407 e. The first-order valence-electron chi connectivity index (χ1n) is 12.2. The number of carbonyl (C=O) groups is 1. The smallest absolute Gasteiger partial charge is 0.336 e. The molecule has 0 spiro atoms. The molecule has 0 bridgehead atoms. The number of hydrogen-bond donors (Lipinski definition) is 2. The van der Waals surface area contributed by atoms with E-state index in [0.29, 0.717) is 25.0 Å². The van der Waals surface area contributed by atoms with Gasteiger partial charge in [-0.3, -0.25) is 10.1 Å². The topological polar surface area (TPSA) is 64.9 Å². The number of nitrogens with one attached hydrogen (secondary N) is 2. The molecule has 1 aliphatic carbocycles. The van der Waals surface area contributed by atoms with Gasteiger partial charge in [0, 0.05) is 6.42 Å². The second-order valence-electron chi connectivity index (χ2n) is 10.6. The van der Waals surface area contributed by atoms with E-state index in [1.807, 2.05) is 6.07 Å². The molecule has 0 saturated heterocycles. The van der Waals surface area contributed by atoms with Crippen molar-refractivity contribution in [1.82, 2.24) is 10.6 Å². The first-order chi connectivity index (χ1) is 18.7. The molecule has 41 heavy (non-hydrogen) atoms. The van der Waals surface area contributed by atoms with Crippen LogP contribution in [-0.4, -0.2) is 41.7 Å². The number of hydrogen-bond acceptors (Lipinski definition) is 3. The van der Waals surface area contributed by atoms with Crippen LogP contribution in [0.15, 0.2) is 48.5 Å². The van der Waals surface area contributed by atoms with E-state index in [1.54, 1.807) is 0 Å². The summed E-state index contributed by atoms with van der Waals surface area (Å²) in [7, 11) is 0. The van der Waals surface area contributed by atoms with Gasteiger partial charge in [0.15, 0.2) is 5.92 Å². The summed E-state index contributed by atoms with van der Waals surface area (Å²) in [6.45, 7) is 2.17. The van der Waals surface area contributed by atoms with Crippen molar-refractivity contribution in [2.45, 2.75) is 80.8 Å². The van der Waals surface area contributed by atoms with Crippen molar-refractivity contribution >= 4 is 5.91 Å². The van der Waals surface area contributed by atoms with Crippen LogP contribution >= 0.6 is 0 Å². The van der Waals surface area contributed by atoms with Gasteiger partial charge in [-0.1, -0.05) is 48.5 Å². The van der Waals surface area contributed by atoms with Crippen LogP contribution in [0.25, 0.3) is 11.1 Å². The Hall–Kier alpha value is -3.34. The van der Waals surface area contributed by atoms with Crippen molar-refractivity contribution < 1.29 is 48.7 Å². The molecule has 1 aliphatic rings. The molecular weight excluding hydrogens is 572 g/mol. The van der Waals surface area contributed by atoms with E-state index >= 15 is 0 Å². The van der Waals surface area contributed by atoms with E-state index in [2.05, 4.69) is 10.6 Å². The van der Waals surface area contributed by atoms with Crippen molar-refractivity contribution in [3.63, 3.8) is 0 Å². The average Bonchev–Trinajstić information content (AvgIpc) is 3.59. The molecule has 2 atom stereocenters. The molecule has 1 saturated carbocycles. The fourth-order valence-electron chi connectivity index (χ4n) is 4.31. The third-order valence-electron chi connectivity index (χ3n) is 6.50. The van der Waals surface area contributed by atoms with Crippen LogP contribution in [-0.2, 0) is 4.79 Å². The van der Waals surface area contributed by atoms with Crippen molar-refractivity contribution in [3.05, 3.63) is 59.7 Å². The van der Waals surface area contributed by atoms with Crippen molar-refractivity contribution in [2.24, 2.45) is 0 Å². The highest BCUT2D eigenvalue weighted by Crippen LogP contribution is 2.46. The Balaban J connectivity index is 1.87. The molecule has 4 nitrogen and oxygen atoms in total. The number of rotatable bonds is 9. The van der Waals surface area contributed by atoms with E-state index in [9.17, 15) is 54.0 Å². The molecule has 3 rings (SSSR count). The Morgan fingerprint density at radius 2 is 1.24 bits per heavy atom. The first kappa shape index (κ1) is 32.2. The lowest BCUT2D eigenvalue weighted by Crippen LogP contribution is -2.53. The second kappa shape index (κ2) is 11.2. The highest BCUT2D eigenvalue weighted by molar-refractivity contribution is 5.83. The average molecular weight is 597 g/mol. The zero-order chi connectivity index (χ0) is 31.0. The number of amides is 1. The molecule has 0 radical (unpaired) electrons. The molecule has 1 fully saturated rings. The highest BCUT2D eigenvalue weighted by Gasteiger charge is 2.57. The molecule has 2 aromatic carbocycles. The van der Waals surface area contributed by atoms with Gasteiger partial charge in [-0.05, 0) is 48.9 Å². The lowest BCUT2D eigenvalue weighted by Gasteiger charge is -2.30. The van der Waals surface area contributed by atoms with Crippen LogP contribution in [0.3, 0.4) is 0 Å². The summed E-state index contributed by atoms with van der Waals surface area (Å²) in [6, 6.07) is 5.42. The fraction of sp³-hybridized carbons (Fsp3) is 0.481. The Labute approximate surface area is 228 Å². The highest BCUT2D eigenvalue weighted by atomic mass is 19.4. The van der Waals surface area contributed by atoms with E-state index in [4.69, 9.17) is 0 Å². The van der Waals surface area contributed by atoms with Gasteiger partial charge >= 0.3 is 18.5 Å². The molecule has 1 amide bonds. The lowest BCUT2D eigenvalue weighted by atomic mass is 9.94. The third kappa shape index (κ3) is 8.34. The van der Waals surface area contributed by atoms with Crippen LogP contribution in [0.5, 0.6) is 0 Å². The Morgan fingerprint density at radius 3 is 1.59 bits per heavy atom. The van der Waals surface area contributed by atoms with Gasteiger partial charge in [0.1, 0.15) is 17.2 Å². The second-order valence-corrected chi connectivity index (χ2v) is 10.6. The molecule has 0 unspecified atom stereocenters. The van der Waals surface area contributed by atoms with Crippen LogP contribution in [0.2, 0.25) is 0 Å². The maximum absolute atomic E-state index is 14.4. The largest absolute Gasteiger partial charge is 0.407 e. The summed E-state index contributed by atoms with van der Waals surface area (Å²) in [5.74, 6) is -4.68. The SMILES string of the molecule is CC(C)(F)C[C@H](N[C@@H](c1ccc(-c2ccc(C(C(F)(F)F)C(F)(F)F)cc2)cc1)C(F)(F)F)C(=O)NC1(C#N)CC1. The summed E-state index contributed by atoms with van der Waals surface area (Å²) in [5, 5.41) is 13.7. The predicted molar refractivity (Wildman–Crippen MR) is 128 cm³/mol. The summed E-state index contributed by atoms with van der Waals surface area (Å²) in [4.78, 5) is 12.8. The summed E-state index contributed by atoms with van der Waals surface area (Å²) in [5.41, 5.74) is -4.35. The van der Waals surface area contributed by atoms with E-state index < -0.39 is 65.6 Å². The number of halogens is 10. The number of benzene rings is 2. The molecule has 2 aromatic rings. The Morgan fingerprint density at radius 1 is 0.805 bits per heavy atom. The Kier molecular flexibility index (Phi) is 8.75. The molecule has 224 valence electrons. The molecule has 0 aromatic heterocycles. The number of nitrogens with zero attached hydrogens (tertiary/aromatic N) is 1. The molecule has 2 N–H and O–H groups in total. The number of nitriles is 1. The van der Waals surface area contributed by atoms with Crippen molar-refractivity contribution in [1.29, 1.82) is 5.26 Å². The minimum atomic E-state index is -5.58. The first-order valence-corrected chi connectivity index (χ1v) is 12.2. The fourth-order valence-corrected chi connectivity index (χ4v) is 4.31. The van der Waals surface area contributed by atoms with E-state index in [-0.39, 0.29) is 16.7 Å². The minimum Gasteiger partial charge on any atom is -0.336 e. The van der Waals surface area contributed by atoms with Crippen molar-refractivity contribution in [2.75, 3.05) is 0 Å². The van der Waals surface area contributed by atoms with Gasteiger partial charge < -0.3 is 5.32 Å². The number of alkyl halides is 10. The van der Waals surface area contributed by atoms with Crippen LogP contribution in [0.1, 0.15) is 56.2 Å². The zero-order valence-corrected chi connectivity index (χ0v) is 21.6. The zero-order valence-electron chi connectivity index (χ0n) is 21.6. The van der Waals surface area contributed by atoms with Gasteiger partial charge in [0.25, 0.3) is 0 Å². The van der Waals surface area contributed by atoms with E-state index in [0.717, 1.165) is 38.1 Å². The molecule has 14 heteroatoms. The van der Waals surface area contributed by atoms with Gasteiger partial charge in [-0.15, -0.1) is 0 Å². The standard InChI is InChI=1S/C27H25F10N3O/c1-23(2,28)13-19(22(41)40-24(14-38)11-12-24)39-21(27(35,36)37)18-9-5-16(6-10-18)15-3-7-17(8-4-15)20(25(29,30)31)26(32,33)34/h3-10,19-21,39H,11-13H2,1-2H3,(H,40,41)/t19-,21-/m0/s1. The monoisotopic (exact) mass is 597 g/mol. The molecular formula is C27H25F10N3O. The van der Waals surface area contributed by atoms with Crippen LogP contribution < -0.4 is 10.6 Å². The number of carbonyl (C=O) groups excluding carboxylic acids is 1.